The molecule has 0 saturated carbocycles. The van der Waals surface area contributed by atoms with Crippen molar-refractivity contribution in [2.45, 2.75) is 23.6 Å². The van der Waals surface area contributed by atoms with Crippen molar-refractivity contribution in [3.8, 4) is 0 Å². The number of amidine groups is 1. The smallest absolute Gasteiger partial charge is 0.308 e. The van der Waals surface area contributed by atoms with Crippen LogP contribution in [0.1, 0.15) is 19.8 Å². The van der Waals surface area contributed by atoms with Crippen LogP contribution in [0.4, 0.5) is 10.5 Å². The van der Waals surface area contributed by atoms with E-state index in [1.54, 1.807) is 24.3 Å². The van der Waals surface area contributed by atoms with Gasteiger partial charge in [-0.25, -0.2) is 4.79 Å². The fraction of sp³-hybridized carbons (Fsp3) is 0.385. The van der Waals surface area contributed by atoms with E-state index in [1.165, 1.54) is 0 Å². The van der Waals surface area contributed by atoms with Crippen LogP contribution in [-0.4, -0.2) is 22.2 Å². The van der Waals surface area contributed by atoms with Gasteiger partial charge in [0.05, 0.1) is 0 Å². The zero-order valence-electron chi connectivity index (χ0n) is 11.0. The van der Waals surface area contributed by atoms with Crippen molar-refractivity contribution in [1.29, 1.82) is 0 Å². The van der Waals surface area contributed by atoms with Crippen LogP contribution in [-0.2, 0) is 0 Å². The van der Waals surface area contributed by atoms with Gasteiger partial charge < -0.3 is 5.32 Å². The van der Waals surface area contributed by atoms with Gasteiger partial charge in [0.15, 0.2) is 5.84 Å². The third-order valence-corrected chi connectivity index (χ3v) is 2.85. The van der Waals surface area contributed by atoms with E-state index < -0.39 is 9.82 Å². The van der Waals surface area contributed by atoms with Gasteiger partial charge in [0.2, 0.25) is 3.79 Å². The minimum atomic E-state index is -1.76. The molecular weight excluding hydrogens is 321 g/mol. The van der Waals surface area contributed by atoms with Crippen molar-refractivity contribution in [3.05, 3.63) is 30.3 Å². The molecule has 0 aromatic heterocycles. The van der Waals surface area contributed by atoms with Crippen molar-refractivity contribution in [1.82, 2.24) is 5.32 Å². The van der Waals surface area contributed by atoms with E-state index in [0.29, 0.717) is 12.2 Å². The van der Waals surface area contributed by atoms with Gasteiger partial charge in [-0.15, -0.1) is 0 Å². The summed E-state index contributed by atoms with van der Waals surface area (Å²) in [6.45, 7) is 2.52. The first-order valence-electron chi connectivity index (χ1n) is 6.18. The van der Waals surface area contributed by atoms with Gasteiger partial charge in [0.25, 0.3) is 0 Å². The van der Waals surface area contributed by atoms with Crippen LogP contribution in [0.25, 0.3) is 0 Å². The second-order valence-corrected chi connectivity index (χ2v) is 6.31. The first kappa shape index (κ1) is 17.1. The average Bonchev–Trinajstić information content (AvgIpc) is 2.38. The van der Waals surface area contributed by atoms with Crippen LogP contribution in [0, 0.1) is 0 Å². The highest BCUT2D eigenvalue weighted by Crippen LogP contribution is 2.27. The van der Waals surface area contributed by atoms with E-state index in [4.69, 9.17) is 34.8 Å². The standard InChI is InChI=1S/C13H16Cl3N3O/c1-2-3-9-17-11(13(14,15)16)19-12(20)18-10-7-5-4-6-8-10/h4-8H,2-3,9H2,1H3,(H2,17,18,19,20). The van der Waals surface area contributed by atoms with Crippen molar-refractivity contribution in [2.75, 3.05) is 11.9 Å². The summed E-state index contributed by atoms with van der Waals surface area (Å²) < 4.78 is -1.76. The zero-order valence-corrected chi connectivity index (χ0v) is 13.3. The van der Waals surface area contributed by atoms with E-state index in [-0.39, 0.29) is 5.84 Å². The highest BCUT2D eigenvalue weighted by molar-refractivity contribution is 6.76. The Balaban J connectivity index is 2.65. The molecule has 0 fully saturated rings. The summed E-state index contributed by atoms with van der Waals surface area (Å²) >= 11 is 17.3. The molecule has 1 rings (SSSR count). The van der Waals surface area contributed by atoms with Crippen molar-refractivity contribution < 1.29 is 4.79 Å². The molecule has 7 heteroatoms. The maximum Gasteiger partial charge on any atom is 0.324 e. The maximum absolute atomic E-state index is 11.8. The molecule has 0 heterocycles. The number of hydrogen-bond acceptors (Lipinski definition) is 2. The minimum absolute atomic E-state index is 0.0179. The highest BCUT2D eigenvalue weighted by atomic mass is 35.6. The number of rotatable bonds is 4. The third-order valence-electron chi connectivity index (χ3n) is 2.31. The maximum atomic E-state index is 11.8. The van der Waals surface area contributed by atoms with Gasteiger partial charge in [-0.2, -0.15) is 0 Å². The number of amides is 2. The lowest BCUT2D eigenvalue weighted by molar-refractivity contribution is 0.256. The Morgan fingerprint density at radius 1 is 1.25 bits per heavy atom. The molecule has 4 nitrogen and oxygen atoms in total. The molecule has 0 unspecified atom stereocenters. The zero-order chi connectivity index (χ0) is 15.0. The molecule has 0 atom stereocenters. The lowest BCUT2D eigenvalue weighted by Gasteiger charge is -2.16. The SMILES string of the molecule is CCCCN=C(NC(=O)Nc1ccccc1)C(Cl)(Cl)Cl. The summed E-state index contributed by atoms with van der Waals surface area (Å²) in [6.07, 6.45) is 1.82. The number of carbonyl (C=O) groups is 1. The quantitative estimate of drug-likeness (QED) is 0.364. The molecule has 1 aromatic carbocycles. The molecule has 0 spiro atoms. The van der Waals surface area contributed by atoms with Crippen molar-refractivity contribution in [2.24, 2.45) is 4.99 Å². The van der Waals surface area contributed by atoms with Crippen molar-refractivity contribution in [3.63, 3.8) is 0 Å². The summed E-state index contributed by atoms with van der Waals surface area (Å²) in [5.41, 5.74) is 0.641. The Labute approximate surface area is 133 Å². The van der Waals surface area contributed by atoms with Crippen molar-refractivity contribution >= 4 is 52.4 Å². The Kier molecular flexibility index (Phi) is 7.13. The topological polar surface area (TPSA) is 53.5 Å². The fourth-order valence-electron chi connectivity index (χ4n) is 1.34. The van der Waals surface area contributed by atoms with Gasteiger partial charge in [0, 0.05) is 12.2 Å². The number of halogens is 3. The van der Waals surface area contributed by atoms with E-state index >= 15 is 0 Å². The van der Waals surface area contributed by atoms with Crippen LogP contribution in [0.3, 0.4) is 0 Å². The van der Waals surface area contributed by atoms with Gasteiger partial charge in [-0.05, 0) is 18.6 Å². The summed E-state index contributed by atoms with van der Waals surface area (Å²) in [7, 11) is 0. The largest absolute Gasteiger partial charge is 0.324 e. The Bertz CT molecular complexity index is 458. The number of anilines is 1. The van der Waals surface area contributed by atoms with E-state index in [9.17, 15) is 4.79 Å². The first-order valence-corrected chi connectivity index (χ1v) is 7.31. The number of unbranched alkanes of at least 4 members (excludes halogenated alkanes) is 1. The molecule has 110 valence electrons. The number of aliphatic imine (C=N–C) groups is 1. The molecular formula is C13H16Cl3N3O. The number of benzene rings is 1. The number of nitrogens with one attached hydrogen (secondary N) is 2. The van der Waals surface area contributed by atoms with Crippen LogP contribution < -0.4 is 10.6 Å². The van der Waals surface area contributed by atoms with E-state index in [0.717, 1.165) is 12.8 Å². The van der Waals surface area contributed by atoms with E-state index in [2.05, 4.69) is 15.6 Å². The molecule has 0 bridgehead atoms. The Morgan fingerprint density at radius 3 is 2.45 bits per heavy atom. The molecule has 0 radical (unpaired) electrons. The van der Waals surface area contributed by atoms with Gasteiger partial charge in [0.1, 0.15) is 0 Å². The van der Waals surface area contributed by atoms with Gasteiger partial charge in [-0.1, -0.05) is 66.3 Å². The second-order valence-electron chi connectivity index (χ2n) is 4.03. The average molecular weight is 337 g/mol. The van der Waals surface area contributed by atoms with Gasteiger partial charge >= 0.3 is 6.03 Å². The highest BCUT2D eigenvalue weighted by Gasteiger charge is 2.29. The van der Waals surface area contributed by atoms with Gasteiger partial charge in [-0.3, -0.25) is 10.3 Å². The fourth-order valence-corrected chi connectivity index (χ4v) is 1.66. The number of para-hydroxylation sites is 1. The summed E-state index contributed by atoms with van der Waals surface area (Å²) in [5, 5.41) is 5.10. The molecule has 2 amide bonds. The number of alkyl halides is 3. The monoisotopic (exact) mass is 335 g/mol. The number of nitrogens with zero attached hydrogens (tertiary/aromatic N) is 1. The Morgan fingerprint density at radius 2 is 1.90 bits per heavy atom. The predicted octanol–water partition coefficient (Wildman–Crippen LogP) is 4.38. The lowest BCUT2D eigenvalue weighted by Crippen LogP contribution is -2.41. The molecule has 2 N–H and O–H groups in total. The molecule has 1 aromatic rings. The van der Waals surface area contributed by atoms with Crippen LogP contribution in [0.5, 0.6) is 0 Å². The number of hydrogen-bond donors (Lipinski definition) is 2. The Hall–Kier alpha value is -0.970. The molecule has 0 aliphatic rings. The molecule has 20 heavy (non-hydrogen) atoms. The summed E-state index contributed by atoms with van der Waals surface area (Å²) in [5.74, 6) is 0.0179. The second kappa shape index (κ2) is 8.35. The molecule has 0 aliphatic carbocycles. The first-order chi connectivity index (χ1) is 9.43. The molecule has 0 aliphatic heterocycles. The minimum Gasteiger partial charge on any atom is -0.308 e. The third kappa shape index (κ3) is 6.46. The predicted molar refractivity (Wildman–Crippen MR) is 86.1 cm³/mol. The van der Waals surface area contributed by atoms with Crippen LogP contribution in [0.2, 0.25) is 0 Å². The molecule has 0 saturated heterocycles. The number of carbonyl (C=O) groups excluding carboxylic acids is 1. The van der Waals surface area contributed by atoms with E-state index in [1.807, 2.05) is 13.0 Å². The summed E-state index contributed by atoms with van der Waals surface area (Å²) in [4.78, 5) is 15.9. The normalized spacial score (nSPS) is 12.1. The van der Waals surface area contributed by atoms with Crippen LogP contribution >= 0.6 is 34.8 Å². The summed E-state index contributed by atoms with van der Waals surface area (Å²) in [6, 6.07) is 8.47. The lowest BCUT2D eigenvalue weighted by atomic mass is 10.3. The number of urea groups is 1. The van der Waals surface area contributed by atoms with Crippen LogP contribution in [0.15, 0.2) is 35.3 Å².